The molecule has 2 heterocycles. The van der Waals surface area contributed by atoms with Gasteiger partial charge in [0, 0.05) is 34.6 Å². The van der Waals surface area contributed by atoms with E-state index in [1.807, 2.05) is 33.4 Å². The third kappa shape index (κ3) is 4.57. The number of alkyl halides is 2. The van der Waals surface area contributed by atoms with Crippen molar-refractivity contribution in [2.45, 2.75) is 20.0 Å². The SMILES string of the molecule is Bn1cccc1/C(CCN)=C1/C(C)=CC(/C=C/c2ccccc2OC(F)F)=[N+]1C. The van der Waals surface area contributed by atoms with Crippen LogP contribution in [0.5, 0.6) is 5.75 Å². The quantitative estimate of drug-likeness (QED) is 0.577. The summed E-state index contributed by atoms with van der Waals surface area (Å²) >= 11 is 0. The van der Waals surface area contributed by atoms with Gasteiger partial charge in [-0.25, -0.2) is 0 Å². The van der Waals surface area contributed by atoms with Crippen molar-refractivity contribution in [3.63, 3.8) is 0 Å². The molecule has 1 aromatic carbocycles. The van der Waals surface area contributed by atoms with Gasteiger partial charge in [0.2, 0.25) is 19.4 Å². The third-order valence-corrected chi connectivity index (χ3v) is 4.96. The molecule has 3 rings (SSSR count). The van der Waals surface area contributed by atoms with E-state index in [0.717, 1.165) is 29.1 Å². The number of hydrogen-bond donors (Lipinski definition) is 1. The van der Waals surface area contributed by atoms with E-state index in [2.05, 4.69) is 32.9 Å². The molecule has 2 N–H and O–H groups in total. The zero-order valence-corrected chi connectivity index (χ0v) is 16.9. The van der Waals surface area contributed by atoms with Crippen LogP contribution < -0.4 is 10.5 Å². The molecule has 0 amide bonds. The van der Waals surface area contributed by atoms with Crippen LogP contribution in [0.1, 0.15) is 24.6 Å². The standard InChI is InChI=1S/C22H25BF2N3O/c1-15-14-17(10-9-16-6-3-4-8-20(16)29-22(24)25)27(2)21(15)18(11-12-26)19-7-5-13-28(19)23/h3-10,13-14,22H,11-12,23,26H2,1-2H3/q+1/b10-9+. The third-order valence-electron chi connectivity index (χ3n) is 4.96. The number of allylic oxidation sites excluding steroid dienone is 3. The number of aromatic nitrogens is 1. The minimum absolute atomic E-state index is 0.157. The second-order valence-electron chi connectivity index (χ2n) is 6.93. The number of ether oxygens (including phenoxy) is 1. The van der Waals surface area contributed by atoms with E-state index in [4.69, 9.17) is 5.73 Å². The van der Waals surface area contributed by atoms with Gasteiger partial charge in [0.15, 0.2) is 0 Å². The summed E-state index contributed by atoms with van der Waals surface area (Å²) < 4.78 is 34.1. The molecule has 0 unspecified atom stereocenters. The molecule has 0 fully saturated rings. The molecular formula is C22H25BF2N3O+. The van der Waals surface area contributed by atoms with Crippen LogP contribution in [0, 0.1) is 0 Å². The molecule has 1 aliphatic heterocycles. The zero-order valence-electron chi connectivity index (χ0n) is 16.9. The van der Waals surface area contributed by atoms with Crippen LogP contribution in [0.3, 0.4) is 0 Å². The highest BCUT2D eigenvalue weighted by atomic mass is 19.3. The highest BCUT2D eigenvalue weighted by Gasteiger charge is 2.28. The Balaban J connectivity index is 2.01. The summed E-state index contributed by atoms with van der Waals surface area (Å²) in [4.78, 5) is 0. The number of benzene rings is 1. The summed E-state index contributed by atoms with van der Waals surface area (Å²) in [6, 6.07) is 10.9. The lowest BCUT2D eigenvalue weighted by Gasteiger charge is -2.11. The van der Waals surface area contributed by atoms with Crippen LogP contribution in [0.25, 0.3) is 11.6 Å². The number of para-hydroxylation sites is 1. The maximum atomic E-state index is 12.6. The molecule has 150 valence electrons. The minimum atomic E-state index is -2.85. The summed E-state index contributed by atoms with van der Waals surface area (Å²) in [7, 11) is 4.02. The van der Waals surface area contributed by atoms with Crippen LogP contribution in [0.2, 0.25) is 0 Å². The molecule has 1 aromatic heterocycles. The van der Waals surface area contributed by atoms with Crippen molar-refractivity contribution in [3.05, 3.63) is 77.3 Å². The smallest absolute Gasteiger partial charge is 0.387 e. The molecular weight excluding hydrogens is 371 g/mol. The molecule has 0 atom stereocenters. The fourth-order valence-electron chi connectivity index (χ4n) is 3.66. The average molecular weight is 396 g/mol. The average Bonchev–Trinajstić information content (AvgIpc) is 3.22. The Morgan fingerprint density at radius 3 is 2.66 bits per heavy atom. The van der Waals surface area contributed by atoms with E-state index in [1.165, 1.54) is 11.6 Å². The largest absolute Gasteiger partial charge is 0.434 e. The van der Waals surface area contributed by atoms with E-state index in [9.17, 15) is 8.78 Å². The van der Waals surface area contributed by atoms with Gasteiger partial charge in [0.1, 0.15) is 12.8 Å². The van der Waals surface area contributed by atoms with Crippen molar-refractivity contribution in [2.75, 3.05) is 13.6 Å². The van der Waals surface area contributed by atoms with Crippen molar-refractivity contribution in [2.24, 2.45) is 5.73 Å². The van der Waals surface area contributed by atoms with Crippen LogP contribution in [0.15, 0.2) is 66.0 Å². The van der Waals surface area contributed by atoms with Gasteiger partial charge in [-0.05, 0) is 50.4 Å². The number of rotatable bonds is 7. The Morgan fingerprint density at radius 1 is 1.24 bits per heavy atom. The number of likely N-dealkylation sites (N-methyl/N-ethyl adjacent to an activating group) is 1. The molecule has 0 radical (unpaired) electrons. The van der Waals surface area contributed by atoms with E-state index < -0.39 is 6.61 Å². The molecule has 0 saturated carbocycles. The monoisotopic (exact) mass is 396 g/mol. The van der Waals surface area contributed by atoms with Crippen molar-refractivity contribution in [3.8, 4) is 5.75 Å². The van der Waals surface area contributed by atoms with Gasteiger partial charge >= 0.3 is 6.61 Å². The van der Waals surface area contributed by atoms with Crippen LogP contribution in [0.4, 0.5) is 8.78 Å². The Bertz CT molecular complexity index is 1020. The van der Waals surface area contributed by atoms with E-state index >= 15 is 0 Å². The Kier molecular flexibility index (Phi) is 6.49. The van der Waals surface area contributed by atoms with Crippen LogP contribution >= 0.6 is 0 Å². The molecule has 29 heavy (non-hydrogen) atoms. The second-order valence-corrected chi connectivity index (χ2v) is 6.93. The zero-order chi connectivity index (χ0) is 21.0. The molecule has 0 saturated heterocycles. The maximum absolute atomic E-state index is 12.6. The summed E-state index contributed by atoms with van der Waals surface area (Å²) in [6.07, 6.45) is 8.56. The first-order valence-corrected chi connectivity index (χ1v) is 9.48. The van der Waals surface area contributed by atoms with Gasteiger partial charge in [-0.3, -0.25) is 0 Å². The van der Waals surface area contributed by atoms with Crippen molar-refractivity contribution >= 4 is 25.3 Å². The van der Waals surface area contributed by atoms with Crippen LogP contribution in [-0.4, -0.2) is 43.0 Å². The number of nitrogens with two attached hydrogens (primary N) is 1. The van der Waals surface area contributed by atoms with Gasteiger partial charge in [-0.2, -0.15) is 13.4 Å². The number of halogens is 2. The Hall–Kier alpha value is -2.93. The molecule has 1 aliphatic rings. The molecule has 2 aromatic rings. The predicted molar refractivity (Wildman–Crippen MR) is 116 cm³/mol. The van der Waals surface area contributed by atoms with Crippen LogP contribution in [-0.2, 0) is 0 Å². The van der Waals surface area contributed by atoms with Gasteiger partial charge in [-0.1, -0.05) is 18.2 Å². The molecule has 0 bridgehead atoms. The lowest BCUT2D eigenvalue weighted by atomic mass is 10.0. The topological polar surface area (TPSA) is 43.2 Å². The van der Waals surface area contributed by atoms with Gasteiger partial charge < -0.3 is 14.9 Å². The first-order chi connectivity index (χ1) is 13.9. The van der Waals surface area contributed by atoms with Crippen molar-refractivity contribution < 1.29 is 18.1 Å². The predicted octanol–water partition coefficient (Wildman–Crippen LogP) is 3.30. The van der Waals surface area contributed by atoms with E-state index in [0.29, 0.717) is 12.1 Å². The molecule has 0 spiro atoms. The minimum Gasteiger partial charge on any atom is -0.434 e. The molecule has 0 aliphatic carbocycles. The Labute approximate surface area is 170 Å². The summed E-state index contributed by atoms with van der Waals surface area (Å²) in [6.45, 7) is -0.235. The second kappa shape index (κ2) is 9.05. The summed E-state index contributed by atoms with van der Waals surface area (Å²) in [5.74, 6) is 0.157. The fraction of sp³-hybridized carbons (Fsp3) is 0.227. The first-order valence-electron chi connectivity index (χ1n) is 9.48. The lowest BCUT2D eigenvalue weighted by Crippen LogP contribution is -2.13. The maximum Gasteiger partial charge on any atom is 0.387 e. The lowest BCUT2D eigenvalue weighted by molar-refractivity contribution is -0.433. The summed E-state index contributed by atoms with van der Waals surface area (Å²) in [5, 5.41) is 0. The highest BCUT2D eigenvalue weighted by Crippen LogP contribution is 2.30. The molecule has 7 heteroatoms. The summed E-state index contributed by atoms with van der Waals surface area (Å²) in [5.41, 5.74) is 12.0. The highest BCUT2D eigenvalue weighted by molar-refractivity contribution is 6.09. The van der Waals surface area contributed by atoms with Crippen molar-refractivity contribution in [1.29, 1.82) is 0 Å². The Morgan fingerprint density at radius 2 is 2.00 bits per heavy atom. The van der Waals surface area contributed by atoms with Crippen molar-refractivity contribution in [1.82, 2.24) is 4.48 Å². The van der Waals surface area contributed by atoms with Gasteiger partial charge in [0.25, 0.3) is 0 Å². The van der Waals surface area contributed by atoms with Gasteiger partial charge in [-0.15, -0.1) is 0 Å². The number of nitrogens with zero attached hydrogens (tertiary/aromatic N) is 2. The molecule has 4 nitrogen and oxygen atoms in total. The first kappa shape index (κ1) is 20.8. The van der Waals surface area contributed by atoms with E-state index in [1.54, 1.807) is 24.3 Å². The van der Waals surface area contributed by atoms with E-state index in [-0.39, 0.29) is 5.75 Å². The fourth-order valence-corrected chi connectivity index (χ4v) is 3.66. The normalized spacial score (nSPS) is 16.1. The van der Waals surface area contributed by atoms with Gasteiger partial charge in [0.05, 0.1) is 0 Å². The number of hydrogen-bond acceptors (Lipinski definition) is 2.